The van der Waals surface area contributed by atoms with Crippen molar-refractivity contribution in [2.24, 2.45) is 0 Å². The van der Waals surface area contributed by atoms with E-state index in [2.05, 4.69) is 6.07 Å². The molecule has 0 amide bonds. The predicted molar refractivity (Wildman–Crippen MR) is 41.9 cm³/mol. The van der Waals surface area contributed by atoms with Crippen LogP contribution in [0.25, 0.3) is 0 Å². The van der Waals surface area contributed by atoms with Crippen molar-refractivity contribution in [2.45, 2.75) is 33.0 Å². The van der Waals surface area contributed by atoms with E-state index in [0.29, 0.717) is 26.1 Å². The lowest BCUT2D eigenvalue weighted by Crippen LogP contribution is -2.16. The van der Waals surface area contributed by atoms with E-state index in [0.717, 1.165) is 0 Å². The van der Waals surface area contributed by atoms with Crippen LogP contribution in [0.4, 0.5) is 0 Å². The molecule has 0 saturated heterocycles. The summed E-state index contributed by atoms with van der Waals surface area (Å²) in [4.78, 5) is 0. The lowest BCUT2D eigenvalue weighted by molar-refractivity contribution is -0.138. The number of ether oxygens (including phenoxy) is 2. The molecule has 0 bridgehead atoms. The third-order valence-corrected chi connectivity index (χ3v) is 1.20. The van der Waals surface area contributed by atoms with Crippen LogP contribution in [0.3, 0.4) is 0 Å². The molecule has 0 spiro atoms. The topological polar surface area (TPSA) is 42.2 Å². The molecule has 11 heavy (non-hydrogen) atoms. The summed E-state index contributed by atoms with van der Waals surface area (Å²) < 4.78 is 10.4. The molecule has 0 aliphatic carbocycles. The first-order valence-electron chi connectivity index (χ1n) is 3.95. The third-order valence-electron chi connectivity index (χ3n) is 1.20. The van der Waals surface area contributed by atoms with E-state index < -0.39 is 0 Å². The zero-order valence-corrected chi connectivity index (χ0v) is 7.17. The summed E-state index contributed by atoms with van der Waals surface area (Å²) in [6.07, 6.45) is 0.965. The van der Waals surface area contributed by atoms with E-state index in [9.17, 15) is 0 Å². The van der Waals surface area contributed by atoms with Crippen molar-refractivity contribution in [3.63, 3.8) is 0 Å². The molecule has 0 saturated carbocycles. The molecule has 0 aromatic rings. The van der Waals surface area contributed by atoms with E-state index in [1.807, 2.05) is 13.8 Å². The summed E-state index contributed by atoms with van der Waals surface area (Å²) in [5.41, 5.74) is 0. The van der Waals surface area contributed by atoms with Crippen molar-refractivity contribution >= 4 is 0 Å². The highest BCUT2D eigenvalue weighted by Gasteiger charge is 2.05. The average molecular weight is 157 g/mol. The van der Waals surface area contributed by atoms with Crippen molar-refractivity contribution in [3.05, 3.63) is 0 Å². The quantitative estimate of drug-likeness (QED) is 0.551. The first kappa shape index (κ1) is 10.4. The van der Waals surface area contributed by atoms with E-state index in [1.165, 1.54) is 0 Å². The smallest absolute Gasteiger partial charge is 0.158 e. The largest absolute Gasteiger partial charge is 0.353 e. The van der Waals surface area contributed by atoms with Crippen LogP contribution >= 0.6 is 0 Å². The summed E-state index contributed by atoms with van der Waals surface area (Å²) in [7, 11) is 0. The highest BCUT2D eigenvalue weighted by atomic mass is 16.7. The zero-order valence-electron chi connectivity index (χ0n) is 7.17. The van der Waals surface area contributed by atoms with Gasteiger partial charge in [-0.2, -0.15) is 5.26 Å². The van der Waals surface area contributed by atoms with Crippen LogP contribution in [0.15, 0.2) is 0 Å². The maximum absolute atomic E-state index is 8.29. The third kappa shape index (κ3) is 5.84. The molecule has 0 aliphatic heterocycles. The van der Waals surface area contributed by atoms with Gasteiger partial charge in [-0.05, 0) is 13.8 Å². The monoisotopic (exact) mass is 157 g/mol. The standard InChI is InChI=1S/C8H15NO2/c1-3-10-8(11-4-2)6-5-7-9/h8H,3-6H2,1-2H3. The Bertz CT molecular complexity index is 114. The minimum absolute atomic E-state index is 0.190. The Labute approximate surface area is 67.9 Å². The summed E-state index contributed by atoms with van der Waals surface area (Å²) >= 11 is 0. The second-order valence-corrected chi connectivity index (χ2v) is 2.04. The molecule has 0 unspecified atom stereocenters. The average Bonchev–Trinajstić information content (AvgIpc) is 2.01. The number of nitriles is 1. The first-order valence-corrected chi connectivity index (χ1v) is 3.95. The van der Waals surface area contributed by atoms with Crippen LogP contribution in [0.2, 0.25) is 0 Å². The Balaban J connectivity index is 3.44. The van der Waals surface area contributed by atoms with Gasteiger partial charge in [0.25, 0.3) is 0 Å². The molecule has 0 aliphatic rings. The molecule has 0 rings (SSSR count). The van der Waals surface area contributed by atoms with Gasteiger partial charge >= 0.3 is 0 Å². The highest BCUT2D eigenvalue weighted by molar-refractivity contribution is 4.69. The van der Waals surface area contributed by atoms with Crippen molar-refractivity contribution in [2.75, 3.05) is 13.2 Å². The number of hydrogen-bond donors (Lipinski definition) is 0. The van der Waals surface area contributed by atoms with Crippen LogP contribution in [-0.2, 0) is 9.47 Å². The van der Waals surface area contributed by atoms with Crippen molar-refractivity contribution in [3.8, 4) is 6.07 Å². The maximum atomic E-state index is 8.29. The van der Waals surface area contributed by atoms with Gasteiger partial charge in [-0.1, -0.05) is 0 Å². The van der Waals surface area contributed by atoms with E-state index in [-0.39, 0.29) is 6.29 Å². The van der Waals surface area contributed by atoms with Crippen molar-refractivity contribution in [1.82, 2.24) is 0 Å². The highest BCUT2D eigenvalue weighted by Crippen LogP contribution is 2.02. The Morgan fingerprint density at radius 1 is 1.27 bits per heavy atom. The van der Waals surface area contributed by atoms with Gasteiger partial charge in [0.05, 0.1) is 6.07 Å². The van der Waals surface area contributed by atoms with Gasteiger partial charge in [-0.25, -0.2) is 0 Å². The van der Waals surface area contributed by atoms with E-state index in [4.69, 9.17) is 14.7 Å². The van der Waals surface area contributed by atoms with Crippen molar-refractivity contribution < 1.29 is 9.47 Å². The van der Waals surface area contributed by atoms with Crippen LogP contribution in [0.5, 0.6) is 0 Å². The minimum Gasteiger partial charge on any atom is -0.353 e. The van der Waals surface area contributed by atoms with Crippen LogP contribution in [0.1, 0.15) is 26.7 Å². The molecule has 0 aromatic carbocycles. The SMILES string of the molecule is CCOC(CCC#N)OCC. The molecular weight excluding hydrogens is 142 g/mol. The van der Waals surface area contributed by atoms with Gasteiger partial charge in [0, 0.05) is 26.1 Å². The molecule has 0 aromatic heterocycles. The van der Waals surface area contributed by atoms with Gasteiger partial charge in [0.15, 0.2) is 6.29 Å². The second kappa shape index (κ2) is 7.52. The normalized spacial score (nSPS) is 10.0. The Morgan fingerprint density at radius 2 is 1.82 bits per heavy atom. The summed E-state index contributed by atoms with van der Waals surface area (Å²) in [5.74, 6) is 0. The van der Waals surface area contributed by atoms with Crippen LogP contribution < -0.4 is 0 Å². The lowest BCUT2D eigenvalue weighted by atomic mass is 10.3. The molecule has 0 fully saturated rings. The molecular formula is C8H15NO2. The second-order valence-electron chi connectivity index (χ2n) is 2.04. The van der Waals surface area contributed by atoms with Crippen LogP contribution in [0, 0.1) is 11.3 Å². The number of rotatable bonds is 6. The Kier molecular flexibility index (Phi) is 7.11. The zero-order chi connectivity index (χ0) is 8.53. The summed E-state index contributed by atoms with van der Waals surface area (Å²) in [6, 6.07) is 2.05. The Hall–Kier alpha value is -0.590. The minimum atomic E-state index is -0.190. The number of nitrogens with zero attached hydrogens (tertiary/aromatic N) is 1. The maximum Gasteiger partial charge on any atom is 0.158 e. The van der Waals surface area contributed by atoms with E-state index in [1.54, 1.807) is 0 Å². The first-order chi connectivity index (χ1) is 5.35. The van der Waals surface area contributed by atoms with Crippen LogP contribution in [-0.4, -0.2) is 19.5 Å². The lowest BCUT2D eigenvalue weighted by Gasteiger charge is -2.14. The fraction of sp³-hybridized carbons (Fsp3) is 0.875. The Morgan fingerprint density at radius 3 is 2.18 bits per heavy atom. The van der Waals surface area contributed by atoms with Crippen molar-refractivity contribution in [1.29, 1.82) is 5.26 Å². The van der Waals surface area contributed by atoms with Gasteiger partial charge < -0.3 is 9.47 Å². The molecule has 0 heterocycles. The molecule has 0 radical (unpaired) electrons. The predicted octanol–water partition coefficient (Wildman–Crippen LogP) is 1.69. The van der Waals surface area contributed by atoms with E-state index >= 15 is 0 Å². The fourth-order valence-corrected chi connectivity index (χ4v) is 0.769. The molecule has 0 N–H and O–H groups in total. The van der Waals surface area contributed by atoms with Gasteiger partial charge in [0.1, 0.15) is 0 Å². The molecule has 3 nitrogen and oxygen atoms in total. The van der Waals surface area contributed by atoms with Gasteiger partial charge in [-0.15, -0.1) is 0 Å². The van der Waals surface area contributed by atoms with Gasteiger partial charge in [0.2, 0.25) is 0 Å². The molecule has 64 valence electrons. The summed E-state index contributed by atoms with van der Waals surface area (Å²) in [6.45, 7) is 5.10. The summed E-state index contributed by atoms with van der Waals surface area (Å²) in [5, 5.41) is 8.29. The number of hydrogen-bond acceptors (Lipinski definition) is 3. The molecule has 3 heteroatoms. The van der Waals surface area contributed by atoms with Gasteiger partial charge in [-0.3, -0.25) is 0 Å². The fourth-order valence-electron chi connectivity index (χ4n) is 0.769. The molecule has 0 atom stereocenters.